The normalized spacial score (nSPS) is 16.5. The van der Waals surface area contributed by atoms with E-state index in [0.29, 0.717) is 11.7 Å². The summed E-state index contributed by atoms with van der Waals surface area (Å²) in [6, 6.07) is 7.74. The molecule has 0 saturated heterocycles. The lowest BCUT2D eigenvalue weighted by Gasteiger charge is -2.20. The van der Waals surface area contributed by atoms with Gasteiger partial charge in [-0.15, -0.1) is 0 Å². The lowest BCUT2D eigenvalue weighted by molar-refractivity contribution is -0.126. The van der Waals surface area contributed by atoms with Gasteiger partial charge in [0.15, 0.2) is 0 Å². The third-order valence-corrected chi connectivity index (χ3v) is 4.67. The molecule has 3 rings (SSSR count). The van der Waals surface area contributed by atoms with Crippen molar-refractivity contribution in [2.45, 2.75) is 52.5 Å². The highest BCUT2D eigenvalue weighted by Gasteiger charge is 2.29. The number of benzene rings is 1. The van der Waals surface area contributed by atoms with E-state index in [2.05, 4.69) is 29.3 Å². The van der Waals surface area contributed by atoms with Gasteiger partial charge >= 0.3 is 0 Å². The van der Waals surface area contributed by atoms with E-state index < -0.39 is 0 Å². The molecule has 1 aromatic carbocycles. The molecule has 1 heterocycles. The van der Waals surface area contributed by atoms with Gasteiger partial charge in [-0.3, -0.25) is 4.79 Å². The van der Waals surface area contributed by atoms with Crippen LogP contribution in [-0.2, 0) is 4.79 Å². The Morgan fingerprint density at radius 3 is 2.71 bits per heavy atom. The third-order valence-electron chi connectivity index (χ3n) is 4.67. The fraction of sp³-hybridized carbons (Fsp3) is 0.526. The molecule has 5 heteroatoms. The number of aromatic nitrogens is 2. The molecule has 1 amide bonds. The summed E-state index contributed by atoms with van der Waals surface area (Å²) in [5, 5.41) is 7.21. The molecule has 1 aromatic heterocycles. The number of nitrogens with zero attached hydrogens (tertiary/aromatic N) is 2. The van der Waals surface area contributed by atoms with Gasteiger partial charge in [-0.05, 0) is 31.7 Å². The first kappa shape index (κ1) is 16.7. The van der Waals surface area contributed by atoms with Crippen LogP contribution in [0.2, 0.25) is 0 Å². The van der Waals surface area contributed by atoms with Gasteiger partial charge in [0.05, 0.1) is 0 Å². The molecule has 1 saturated carbocycles. The summed E-state index contributed by atoms with van der Waals surface area (Å²) in [7, 11) is 0. The average Bonchev–Trinajstić information content (AvgIpc) is 3.23. The van der Waals surface area contributed by atoms with E-state index in [1.54, 1.807) is 0 Å². The zero-order valence-electron chi connectivity index (χ0n) is 14.6. The average molecular weight is 327 g/mol. The molecule has 128 valence electrons. The smallest absolute Gasteiger partial charge is 0.249 e. The summed E-state index contributed by atoms with van der Waals surface area (Å²) >= 11 is 0. The summed E-state index contributed by atoms with van der Waals surface area (Å²) in [6.45, 7) is 6.13. The maximum atomic E-state index is 12.5. The molecule has 1 aliphatic rings. The summed E-state index contributed by atoms with van der Waals surface area (Å²) in [4.78, 5) is 17.0. The Morgan fingerprint density at radius 1 is 1.29 bits per heavy atom. The topological polar surface area (TPSA) is 68.0 Å². The molecule has 0 spiro atoms. The van der Waals surface area contributed by atoms with Gasteiger partial charge in [0, 0.05) is 11.5 Å². The van der Waals surface area contributed by atoms with Crippen LogP contribution < -0.4 is 5.32 Å². The maximum Gasteiger partial charge on any atom is 0.249 e. The van der Waals surface area contributed by atoms with Crippen LogP contribution in [0, 0.1) is 18.8 Å². The summed E-state index contributed by atoms with van der Waals surface area (Å²) in [6.07, 6.45) is 4.25. The van der Waals surface area contributed by atoms with Gasteiger partial charge in [0.1, 0.15) is 6.04 Å². The van der Waals surface area contributed by atoms with Gasteiger partial charge in [-0.2, -0.15) is 4.98 Å². The predicted octanol–water partition coefficient (Wildman–Crippen LogP) is 4.05. The van der Waals surface area contributed by atoms with Gasteiger partial charge < -0.3 is 9.84 Å². The van der Waals surface area contributed by atoms with Crippen LogP contribution in [-0.4, -0.2) is 16.0 Å². The van der Waals surface area contributed by atoms with Crippen molar-refractivity contribution in [2.75, 3.05) is 0 Å². The zero-order chi connectivity index (χ0) is 17.1. The van der Waals surface area contributed by atoms with Gasteiger partial charge in [0.2, 0.25) is 17.6 Å². The number of amides is 1. The van der Waals surface area contributed by atoms with Gasteiger partial charge in [-0.25, -0.2) is 0 Å². The first-order valence-corrected chi connectivity index (χ1v) is 8.75. The second-order valence-electron chi connectivity index (χ2n) is 7.04. The Labute approximate surface area is 142 Å². The molecule has 5 nitrogen and oxygen atoms in total. The van der Waals surface area contributed by atoms with Crippen molar-refractivity contribution in [2.24, 2.45) is 11.8 Å². The predicted molar refractivity (Wildman–Crippen MR) is 92.2 cm³/mol. The molecule has 0 bridgehead atoms. The molecule has 24 heavy (non-hydrogen) atoms. The molecule has 1 aliphatic carbocycles. The Morgan fingerprint density at radius 2 is 2.04 bits per heavy atom. The second kappa shape index (κ2) is 7.16. The van der Waals surface area contributed by atoms with Crippen LogP contribution in [0.3, 0.4) is 0 Å². The summed E-state index contributed by atoms with van der Waals surface area (Å²) < 4.78 is 5.47. The Hall–Kier alpha value is -2.17. The first-order chi connectivity index (χ1) is 11.5. The van der Waals surface area contributed by atoms with Crippen LogP contribution in [0.4, 0.5) is 0 Å². The van der Waals surface area contributed by atoms with Crippen molar-refractivity contribution in [3.63, 3.8) is 0 Å². The Bertz CT molecular complexity index is 702. The first-order valence-electron chi connectivity index (χ1n) is 8.75. The van der Waals surface area contributed by atoms with Crippen molar-refractivity contribution in [3.8, 4) is 11.4 Å². The largest absolute Gasteiger partial charge is 0.344 e. The number of aryl methyl sites for hydroxylation is 1. The number of carbonyl (C=O) groups is 1. The quantitative estimate of drug-likeness (QED) is 0.899. The van der Waals surface area contributed by atoms with Crippen molar-refractivity contribution in [1.29, 1.82) is 0 Å². The van der Waals surface area contributed by atoms with Crippen molar-refractivity contribution >= 4 is 5.91 Å². The van der Waals surface area contributed by atoms with Gasteiger partial charge in [0.25, 0.3) is 0 Å². The Balaban J connectivity index is 1.78. The minimum atomic E-state index is -0.246. The van der Waals surface area contributed by atoms with Crippen LogP contribution in [0.5, 0.6) is 0 Å². The number of hydrogen-bond acceptors (Lipinski definition) is 4. The molecule has 1 N–H and O–H groups in total. The minimum absolute atomic E-state index is 0.113. The Kier molecular flexibility index (Phi) is 4.97. The maximum absolute atomic E-state index is 12.5. The number of carbonyl (C=O) groups excluding carboxylic acids is 1. The highest BCUT2D eigenvalue weighted by atomic mass is 16.5. The molecule has 2 aromatic rings. The van der Waals surface area contributed by atoms with Crippen molar-refractivity contribution < 1.29 is 9.32 Å². The molecule has 0 radical (unpaired) electrons. The molecule has 1 fully saturated rings. The van der Waals surface area contributed by atoms with E-state index in [1.165, 1.54) is 0 Å². The van der Waals surface area contributed by atoms with Crippen LogP contribution in [0.15, 0.2) is 28.8 Å². The van der Waals surface area contributed by atoms with Crippen molar-refractivity contribution in [1.82, 2.24) is 15.5 Å². The number of nitrogens with one attached hydrogen (secondary N) is 1. The van der Waals surface area contributed by atoms with E-state index in [4.69, 9.17) is 4.52 Å². The third kappa shape index (κ3) is 3.66. The van der Waals surface area contributed by atoms with Crippen LogP contribution >= 0.6 is 0 Å². The molecular weight excluding hydrogens is 302 g/mol. The van der Waals surface area contributed by atoms with E-state index >= 15 is 0 Å². The number of rotatable bonds is 5. The lowest BCUT2D eigenvalue weighted by Crippen LogP contribution is -2.35. The minimum Gasteiger partial charge on any atom is -0.344 e. The van der Waals surface area contributed by atoms with Crippen LogP contribution in [0.1, 0.15) is 57.0 Å². The summed E-state index contributed by atoms with van der Waals surface area (Å²) in [5.41, 5.74) is 2.07. The zero-order valence-corrected chi connectivity index (χ0v) is 14.6. The second-order valence-corrected chi connectivity index (χ2v) is 7.04. The van der Waals surface area contributed by atoms with E-state index in [9.17, 15) is 4.79 Å². The van der Waals surface area contributed by atoms with Gasteiger partial charge in [-0.1, -0.05) is 55.6 Å². The van der Waals surface area contributed by atoms with E-state index in [1.807, 2.05) is 31.2 Å². The summed E-state index contributed by atoms with van der Waals surface area (Å²) in [5.74, 6) is 1.47. The lowest BCUT2D eigenvalue weighted by atomic mass is 10.0. The van der Waals surface area contributed by atoms with Crippen molar-refractivity contribution in [3.05, 3.63) is 35.7 Å². The highest BCUT2D eigenvalue weighted by Crippen LogP contribution is 2.28. The number of hydrogen-bond donors (Lipinski definition) is 1. The highest BCUT2D eigenvalue weighted by molar-refractivity contribution is 5.79. The molecule has 1 atom stereocenters. The van der Waals surface area contributed by atoms with E-state index in [0.717, 1.165) is 36.8 Å². The molecular formula is C19H25N3O2. The SMILES string of the molecule is Cc1cccc(-c2noc(C(NC(=O)C3CCCC3)C(C)C)n2)c1. The molecule has 1 unspecified atom stereocenters. The van der Waals surface area contributed by atoms with Crippen LogP contribution in [0.25, 0.3) is 11.4 Å². The van der Waals surface area contributed by atoms with E-state index in [-0.39, 0.29) is 23.8 Å². The molecule has 0 aliphatic heterocycles. The fourth-order valence-electron chi connectivity index (χ4n) is 3.24. The fourth-order valence-corrected chi connectivity index (χ4v) is 3.24. The monoisotopic (exact) mass is 327 g/mol. The standard InChI is InChI=1S/C19H25N3O2/c1-12(2)16(20-18(23)14-8-4-5-9-14)19-21-17(22-24-19)15-10-6-7-13(3)11-15/h6-7,10-12,14,16H,4-5,8-9H2,1-3H3,(H,20,23).